The summed E-state index contributed by atoms with van der Waals surface area (Å²) >= 11 is 0. The van der Waals surface area contributed by atoms with E-state index in [0.717, 1.165) is 17.5 Å². The third-order valence-electron chi connectivity index (χ3n) is 4.08. The van der Waals surface area contributed by atoms with E-state index in [9.17, 15) is 4.79 Å². The monoisotopic (exact) mass is 258 g/mol. The Balaban J connectivity index is 1.60. The number of rotatable bonds is 6. The average Bonchev–Trinajstić information content (AvgIpc) is 3.30. The number of carbonyl (C=O) groups is 1. The van der Waals surface area contributed by atoms with Crippen molar-refractivity contribution in [3.05, 3.63) is 24.3 Å². The molecule has 0 spiro atoms. The van der Waals surface area contributed by atoms with Gasteiger partial charge in [0.2, 0.25) is 5.91 Å². The van der Waals surface area contributed by atoms with Crippen LogP contribution in [0.25, 0.3) is 0 Å². The van der Waals surface area contributed by atoms with Crippen molar-refractivity contribution in [3.63, 3.8) is 0 Å². The van der Waals surface area contributed by atoms with Crippen molar-refractivity contribution in [3.8, 4) is 0 Å². The minimum atomic E-state index is 0.0644. The molecule has 0 unspecified atom stereocenters. The number of amides is 1. The van der Waals surface area contributed by atoms with Gasteiger partial charge >= 0.3 is 0 Å². The molecule has 3 rings (SSSR count). The topological polar surface area (TPSA) is 41.1 Å². The first-order chi connectivity index (χ1) is 9.26. The Morgan fingerprint density at radius 1 is 1.11 bits per heavy atom. The summed E-state index contributed by atoms with van der Waals surface area (Å²) in [5, 5.41) is 6.56. The Kier molecular flexibility index (Phi) is 3.45. The maximum absolute atomic E-state index is 11.3. The molecule has 2 aliphatic rings. The first kappa shape index (κ1) is 12.5. The van der Waals surface area contributed by atoms with Gasteiger partial charge in [0.25, 0.3) is 0 Å². The van der Waals surface area contributed by atoms with Gasteiger partial charge in [0.15, 0.2) is 0 Å². The molecule has 0 heterocycles. The van der Waals surface area contributed by atoms with E-state index in [1.807, 2.05) is 19.1 Å². The summed E-state index contributed by atoms with van der Waals surface area (Å²) in [5.74, 6) is 1.86. The van der Waals surface area contributed by atoms with E-state index in [1.54, 1.807) is 0 Å². The molecule has 2 saturated carbocycles. The molecule has 0 aromatic heterocycles. The zero-order chi connectivity index (χ0) is 13.2. The first-order valence-corrected chi connectivity index (χ1v) is 7.42. The van der Waals surface area contributed by atoms with Gasteiger partial charge in [-0.25, -0.2) is 0 Å². The standard InChI is InChI=1S/C16H22N2O/c1-2-15(19)17-13-7-9-14(10-8-13)18-16(11-3-4-11)12-5-6-12/h7-12,16,18H,2-6H2,1H3,(H,17,19). The van der Waals surface area contributed by atoms with Gasteiger partial charge < -0.3 is 10.6 Å². The normalized spacial score (nSPS) is 18.4. The van der Waals surface area contributed by atoms with Gasteiger partial charge in [-0.15, -0.1) is 0 Å². The lowest BCUT2D eigenvalue weighted by molar-refractivity contribution is -0.115. The van der Waals surface area contributed by atoms with Gasteiger partial charge in [0, 0.05) is 23.8 Å². The lowest BCUT2D eigenvalue weighted by atomic mass is 10.1. The highest BCUT2D eigenvalue weighted by Gasteiger charge is 2.41. The fourth-order valence-corrected chi connectivity index (χ4v) is 2.62. The Morgan fingerprint density at radius 3 is 2.11 bits per heavy atom. The summed E-state index contributed by atoms with van der Waals surface area (Å²) < 4.78 is 0. The van der Waals surface area contributed by atoms with E-state index in [4.69, 9.17) is 0 Å². The molecular weight excluding hydrogens is 236 g/mol. The molecule has 19 heavy (non-hydrogen) atoms. The van der Waals surface area contributed by atoms with Gasteiger partial charge in [-0.3, -0.25) is 4.79 Å². The molecule has 1 aromatic carbocycles. The van der Waals surface area contributed by atoms with E-state index in [-0.39, 0.29) is 5.91 Å². The van der Waals surface area contributed by atoms with E-state index in [0.29, 0.717) is 12.5 Å². The maximum Gasteiger partial charge on any atom is 0.224 e. The third kappa shape index (κ3) is 3.28. The maximum atomic E-state index is 11.3. The Morgan fingerprint density at radius 2 is 1.63 bits per heavy atom. The molecule has 0 atom stereocenters. The lowest BCUT2D eigenvalue weighted by Gasteiger charge is -2.19. The van der Waals surface area contributed by atoms with Crippen molar-refractivity contribution >= 4 is 17.3 Å². The van der Waals surface area contributed by atoms with Crippen LogP contribution in [0.2, 0.25) is 0 Å². The third-order valence-corrected chi connectivity index (χ3v) is 4.08. The number of hydrogen-bond donors (Lipinski definition) is 2. The Hall–Kier alpha value is -1.51. The second-order valence-corrected chi connectivity index (χ2v) is 5.82. The molecular formula is C16H22N2O. The van der Waals surface area contributed by atoms with Crippen molar-refractivity contribution in [2.24, 2.45) is 11.8 Å². The van der Waals surface area contributed by atoms with Crippen LogP contribution in [-0.2, 0) is 4.79 Å². The van der Waals surface area contributed by atoms with Crippen LogP contribution in [0, 0.1) is 11.8 Å². The predicted octanol–water partition coefficient (Wildman–Crippen LogP) is 3.64. The number of benzene rings is 1. The zero-order valence-corrected chi connectivity index (χ0v) is 11.5. The molecule has 102 valence electrons. The molecule has 1 amide bonds. The van der Waals surface area contributed by atoms with Crippen molar-refractivity contribution in [1.82, 2.24) is 0 Å². The molecule has 2 fully saturated rings. The van der Waals surface area contributed by atoms with E-state index < -0.39 is 0 Å². The van der Waals surface area contributed by atoms with Crippen molar-refractivity contribution < 1.29 is 4.79 Å². The highest BCUT2D eigenvalue weighted by Crippen LogP contribution is 2.45. The summed E-state index contributed by atoms with van der Waals surface area (Å²) in [5.41, 5.74) is 2.06. The number of nitrogens with one attached hydrogen (secondary N) is 2. The highest BCUT2D eigenvalue weighted by atomic mass is 16.1. The molecule has 2 N–H and O–H groups in total. The van der Waals surface area contributed by atoms with Crippen molar-refractivity contribution in [2.75, 3.05) is 10.6 Å². The molecule has 0 radical (unpaired) electrons. The predicted molar refractivity (Wildman–Crippen MR) is 78.2 cm³/mol. The molecule has 0 saturated heterocycles. The molecule has 3 heteroatoms. The highest BCUT2D eigenvalue weighted by molar-refractivity contribution is 5.90. The molecule has 2 aliphatic carbocycles. The van der Waals surface area contributed by atoms with Crippen LogP contribution in [0.1, 0.15) is 39.0 Å². The summed E-state index contributed by atoms with van der Waals surface area (Å²) in [7, 11) is 0. The Bertz CT molecular complexity index is 434. The van der Waals surface area contributed by atoms with E-state index >= 15 is 0 Å². The van der Waals surface area contributed by atoms with E-state index in [2.05, 4.69) is 22.8 Å². The lowest BCUT2D eigenvalue weighted by Crippen LogP contribution is -2.24. The summed E-state index contributed by atoms with van der Waals surface area (Å²) in [4.78, 5) is 11.3. The molecule has 1 aromatic rings. The second kappa shape index (κ2) is 5.24. The largest absolute Gasteiger partial charge is 0.382 e. The van der Waals surface area contributed by atoms with Crippen LogP contribution in [0.3, 0.4) is 0 Å². The average molecular weight is 258 g/mol. The summed E-state index contributed by atoms with van der Waals surface area (Å²) in [6.07, 6.45) is 6.07. The minimum absolute atomic E-state index is 0.0644. The molecule has 0 bridgehead atoms. The first-order valence-electron chi connectivity index (χ1n) is 7.42. The Labute approximate surface area is 114 Å². The fraction of sp³-hybridized carbons (Fsp3) is 0.562. The second-order valence-electron chi connectivity index (χ2n) is 5.82. The zero-order valence-electron chi connectivity index (χ0n) is 11.5. The van der Waals surface area contributed by atoms with Crippen LogP contribution in [0.15, 0.2) is 24.3 Å². The van der Waals surface area contributed by atoms with Crippen LogP contribution >= 0.6 is 0 Å². The number of hydrogen-bond acceptors (Lipinski definition) is 2. The SMILES string of the molecule is CCC(=O)Nc1ccc(NC(C2CC2)C2CC2)cc1. The van der Waals surface area contributed by atoms with Crippen molar-refractivity contribution in [2.45, 2.75) is 45.1 Å². The molecule has 0 aliphatic heterocycles. The smallest absolute Gasteiger partial charge is 0.224 e. The van der Waals surface area contributed by atoms with Crippen molar-refractivity contribution in [1.29, 1.82) is 0 Å². The van der Waals surface area contributed by atoms with Gasteiger partial charge in [-0.1, -0.05) is 6.92 Å². The number of anilines is 2. The van der Waals surface area contributed by atoms with Crippen LogP contribution in [0.4, 0.5) is 11.4 Å². The van der Waals surface area contributed by atoms with Gasteiger partial charge in [-0.2, -0.15) is 0 Å². The molecule has 3 nitrogen and oxygen atoms in total. The van der Waals surface area contributed by atoms with Crippen LogP contribution < -0.4 is 10.6 Å². The van der Waals surface area contributed by atoms with Gasteiger partial charge in [0.1, 0.15) is 0 Å². The quantitative estimate of drug-likeness (QED) is 0.818. The van der Waals surface area contributed by atoms with Crippen LogP contribution in [0.5, 0.6) is 0 Å². The fourth-order valence-electron chi connectivity index (χ4n) is 2.62. The minimum Gasteiger partial charge on any atom is -0.382 e. The van der Waals surface area contributed by atoms with Gasteiger partial charge in [-0.05, 0) is 61.8 Å². The van der Waals surface area contributed by atoms with E-state index in [1.165, 1.54) is 31.4 Å². The summed E-state index contributed by atoms with van der Waals surface area (Å²) in [6, 6.07) is 8.78. The van der Waals surface area contributed by atoms with Gasteiger partial charge in [0.05, 0.1) is 0 Å². The van der Waals surface area contributed by atoms with Crippen LogP contribution in [-0.4, -0.2) is 11.9 Å². The number of carbonyl (C=O) groups excluding carboxylic acids is 1. The summed E-state index contributed by atoms with van der Waals surface area (Å²) in [6.45, 7) is 1.86.